The van der Waals surface area contributed by atoms with Crippen LogP contribution in [0.4, 0.5) is 0 Å². The van der Waals surface area contributed by atoms with Crippen LogP contribution in [0.3, 0.4) is 0 Å². The van der Waals surface area contributed by atoms with Crippen molar-refractivity contribution in [3.05, 3.63) is 0 Å². The second-order valence-electron chi connectivity index (χ2n) is 5.48. The van der Waals surface area contributed by atoms with Gasteiger partial charge in [-0.3, -0.25) is 4.79 Å². The molecule has 1 aliphatic carbocycles. The van der Waals surface area contributed by atoms with Gasteiger partial charge >= 0.3 is 0 Å². The highest BCUT2D eigenvalue weighted by molar-refractivity contribution is 5.88. The fraction of sp³-hybridized carbons (Fsp3) is 0.923. The van der Waals surface area contributed by atoms with Crippen LogP contribution in [0.25, 0.3) is 0 Å². The Bertz CT molecular complexity index is 311. The van der Waals surface area contributed by atoms with Gasteiger partial charge in [0.1, 0.15) is 12.2 Å². The van der Waals surface area contributed by atoms with Crippen molar-refractivity contribution >= 4 is 5.78 Å². The third-order valence-corrected chi connectivity index (χ3v) is 3.93. The predicted octanol–water partition coefficient (Wildman–Crippen LogP) is 0.967. The Morgan fingerprint density at radius 2 is 1.89 bits per heavy atom. The van der Waals surface area contributed by atoms with Gasteiger partial charge in [-0.05, 0) is 19.8 Å². The van der Waals surface area contributed by atoms with E-state index in [1.807, 2.05) is 0 Å². The Morgan fingerprint density at radius 3 is 2.50 bits per heavy atom. The van der Waals surface area contributed by atoms with E-state index in [2.05, 4.69) is 0 Å². The van der Waals surface area contributed by atoms with Crippen molar-refractivity contribution in [1.29, 1.82) is 0 Å². The topological polar surface area (TPSA) is 76.0 Å². The van der Waals surface area contributed by atoms with Gasteiger partial charge in [0.25, 0.3) is 0 Å². The third kappa shape index (κ3) is 2.74. The lowest BCUT2D eigenvalue weighted by Gasteiger charge is -2.41. The van der Waals surface area contributed by atoms with Crippen LogP contribution in [-0.4, -0.2) is 40.3 Å². The molecular weight excluding hydrogens is 236 g/mol. The van der Waals surface area contributed by atoms with Gasteiger partial charge in [-0.25, -0.2) is 0 Å². The Morgan fingerprint density at radius 1 is 1.28 bits per heavy atom. The summed E-state index contributed by atoms with van der Waals surface area (Å²) in [5.74, 6) is -1.88. The van der Waals surface area contributed by atoms with Crippen LogP contribution < -0.4 is 0 Å². The van der Waals surface area contributed by atoms with Crippen LogP contribution in [0.1, 0.15) is 46.0 Å². The van der Waals surface area contributed by atoms with Crippen molar-refractivity contribution in [2.45, 2.75) is 70.2 Å². The van der Waals surface area contributed by atoms with Gasteiger partial charge in [0.15, 0.2) is 17.9 Å². The van der Waals surface area contributed by atoms with Crippen LogP contribution in [0.15, 0.2) is 0 Å². The number of rotatable bonds is 2. The lowest BCUT2D eigenvalue weighted by Crippen LogP contribution is -2.54. The Labute approximate surface area is 107 Å². The van der Waals surface area contributed by atoms with Crippen molar-refractivity contribution in [2.24, 2.45) is 5.92 Å². The maximum Gasteiger partial charge on any atom is 0.190 e. The summed E-state index contributed by atoms with van der Waals surface area (Å²) in [5, 5.41) is 20.0. The fourth-order valence-electron chi connectivity index (χ4n) is 2.66. The van der Waals surface area contributed by atoms with Crippen molar-refractivity contribution in [1.82, 2.24) is 0 Å². The highest BCUT2D eigenvalue weighted by Crippen LogP contribution is 2.34. The van der Waals surface area contributed by atoms with Crippen LogP contribution >= 0.6 is 0 Å². The van der Waals surface area contributed by atoms with E-state index in [9.17, 15) is 15.0 Å². The smallest absolute Gasteiger partial charge is 0.190 e. The fourth-order valence-corrected chi connectivity index (χ4v) is 2.66. The number of carbonyl (C=O) groups excluding carboxylic acids is 1. The van der Waals surface area contributed by atoms with Gasteiger partial charge in [0.2, 0.25) is 0 Å². The molecule has 0 aromatic rings. The largest absolute Gasteiger partial charge is 0.368 e. The minimum atomic E-state index is -1.22. The van der Waals surface area contributed by atoms with Gasteiger partial charge in [0.05, 0.1) is 0 Å². The Kier molecular flexibility index (Phi) is 4.06. The molecule has 0 radical (unpaired) electrons. The highest BCUT2D eigenvalue weighted by Gasteiger charge is 2.45. The lowest BCUT2D eigenvalue weighted by atomic mass is 9.91. The molecular formula is C13H22O5. The van der Waals surface area contributed by atoms with E-state index in [0.29, 0.717) is 12.8 Å². The molecule has 2 N–H and O–H groups in total. The summed E-state index contributed by atoms with van der Waals surface area (Å²) in [6.45, 7) is 3.30. The number of ketones is 1. The quantitative estimate of drug-likeness (QED) is 0.722. The zero-order valence-corrected chi connectivity index (χ0v) is 11.0. The van der Waals surface area contributed by atoms with E-state index >= 15 is 0 Å². The first-order chi connectivity index (χ1) is 8.43. The average molecular weight is 258 g/mol. The van der Waals surface area contributed by atoms with Gasteiger partial charge < -0.3 is 19.7 Å². The van der Waals surface area contributed by atoms with Crippen LogP contribution in [0.2, 0.25) is 0 Å². The van der Waals surface area contributed by atoms with E-state index in [1.165, 1.54) is 0 Å². The zero-order chi connectivity index (χ0) is 13.3. The summed E-state index contributed by atoms with van der Waals surface area (Å²) in [5.41, 5.74) is 0. The summed E-state index contributed by atoms with van der Waals surface area (Å²) >= 11 is 0. The van der Waals surface area contributed by atoms with Crippen molar-refractivity contribution in [2.75, 3.05) is 0 Å². The van der Waals surface area contributed by atoms with Crippen molar-refractivity contribution < 1.29 is 24.5 Å². The monoisotopic (exact) mass is 258 g/mol. The average Bonchev–Trinajstić information content (AvgIpc) is 2.33. The minimum absolute atomic E-state index is 0.202. The van der Waals surface area contributed by atoms with Gasteiger partial charge in [-0.15, -0.1) is 0 Å². The summed E-state index contributed by atoms with van der Waals surface area (Å²) in [4.78, 5) is 12.0. The Hall–Kier alpha value is -0.490. The number of carbonyl (C=O) groups is 1. The number of aliphatic hydroxyl groups excluding tert-OH is 1. The van der Waals surface area contributed by atoms with Crippen LogP contribution in [0, 0.1) is 5.92 Å². The van der Waals surface area contributed by atoms with Crippen molar-refractivity contribution in [3.63, 3.8) is 0 Å². The molecule has 0 amide bonds. The van der Waals surface area contributed by atoms with Gasteiger partial charge in [-0.2, -0.15) is 0 Å². The van der Waals surface area contributed by atoms with Crippen LogP contribution in [0.5, 0.6) is 0 Å². The minimum Gasteiger partial charge on any atom is -0.368 e. The zero-order valence-electron chi connectivity index (χ0n) is 11.0. The predicted molar refractivity (Wildman–Crippen MR) is 63.6 cm³/mol. The van der Waals surface area contributed by atoms with E-state index in [1.54, 1.807) is 13.8 Å². The molecule has 2 aliphatic rings. The third-order valence-electron chi connectivity index (χ3n) is 3.93. The standard InChI is InChI=1S/C13H22O5/c1-8-11(10(14)9(2)17-12(8)15)18-13(16)6-4-3-5-7-13/h8-9,11-12,15-16H,3-7H2,1-2H3/t8-,9-,11+,12?/m1/s1. The van der Waals surface area contributed by atoms with E-state index in [4.69, 9.17) is 9.47 Å². The molecule has 1 unspecified atom stereocenters. The molecule has 1 saturated carbocycles. The second kappa shape index (κ2) is 5.25. The number of hydrogen-bond acceptors (Lipinski definition) is 5. The summed E-state index contributed by atoms with van der Waals surface area (Å²) in [6, 6.07) is 0. The highest BCUT2D eigenvalue weighted by atomic mass is 16.7. The molecule has 2 rings (SSSR count). The second-order valence-corrected chi connectivity index (χ2v) is 5.48. The molecule has 1 saturated heterocycles. The molecule has 1 aliphatic heterocycles. The molecule has 0 bridgehead atoms. The molecule has 1 heterocycles. The molecule has 0 aromatic carbocycles. The van der Waals surface area contributed by atoms with Crippen LogP contribution in [-0.2, 0) is 14.3 Å². The Balaban J connectivity index is 2.07. The summed E-state index contributed by atoms with van der Waals surface area (Å²) in [6.07, 6.45) is 1.50. The van der Waals surface area contributed by atoms with E-state index < -0.39 is 30.2 Å². The molecule has 2 fully saturated rings. The molecule has 18 heavy (non-hydrogen) atoms. The molecule has 4 atom stereocenters. The maximum atomic E-state index is 12.0. The number of aliphatic hydroxyl groups is 2. The van der Waals surface area contributed by atoms with E-state index in [-0.39, 0.29) is 5.78 Å². The molecule has 5 heteroatoms. The normalized spacial score (nSPS) is 40.8. The molecule has 0 aromatic heterocycles. The SMILES string of the molecule is C[C@H]1OC(O)[C@H](C)[C@H](OC2(O)CCCCC2)C1=O. The summed E-state index contributed by atoms with van der Waals surface area (Å²) < 4.78 is 10.8. The molecule has 0 spiro atoms. The first-order valence-electron chi connectivity index (χ1n) is 6.70. The lowest BCUT2D eigenvalue weighted by molar-refractivity contribution is -0.282. The number of ether oxygens (including phenoxy) is 2. The van der Waals surface area contributed by atoms with E-state index in [0.717, 1.165) is 19.3 Å². The maximum absolute atomic E-state index is 12.0. The number of Topliss-reactive ketones (excluding diaryl/α,β-unsaturated/α-hetero) is 1. The number of hydrogen-bond donors (Lipinski definition) is 2. The van der Waals surface area contributed by atoms with Gasteiger partial charge in [0, 0.05) is 18.8 Å². The molecule has 5 nitrogen and oxygen atoms in total. The van der Waals surface area contributed by atoms with Gasteiger partial charge in [-0.1, -0.05) is 13.3 Å². The molecule has 104 valence electrons. The first-order valence-corrected chi connectivity index (χ1v) is 6.70. The summed E-state index contributed by atoms with van der Waals surface area (Å²) in [7, 11) is 0. The first kappa shape index (κ1) is 13.9. The van der Waals surface area contributed by atoms with Crippen molar-refractivity contribution in [3.8, 4) is 0 Å².